The third kappa shape index (κ3) is 5.88. The molecule has 0 radical (unpaired) electrons. The van der Waals surface area contributed by atoms with E-state index in [0.29, 0.717) is 11.7 Å². The first-order valence-electron chi connectivity index (χ1n) is 9.73. The van der Waals surface area contributed by atoms with Crippen LogP contribution in [0.5, 0.6) is 0 Å². The molecule has 0 atom stereocenters. The summed E-state index contributed by atoms with van der Waals surface area (Å²) < 4.78 is 0. The third-order valence-corrected chi connectivity index (χ3v) is 6.12. The zero-order valence-electron chi connectivity index (χ0n) is 15.8. The fourth-order valence-electron chi connectivity index (χ4n) is 3.78. The molecule has 0 spiro atoms. The zero-order valence-corrected chi connectivity index (χ0v) is 16.6. The summed E-state index contributed by atoms with van der Waals surface area (Å²) in [5.41, 5.74) is 1.01. The van der Waals surface area contributed by atoms with E-state index in [1.807, 2.05) is 17.2 Å². The molecule has 0 bridgehead atoms. The van der Waals surface area contributed by atoms with Crippen LogP contribution in [-0.4, -0.2) is 70.2 Å². The lowest BCUT2D eigenvalue weighted by molar-refractivity contribution is -0.139. The minimum atomic E-state index is -0.810. The van der Waals surface area contributed by atoms with Gasteiger partial charge in [0.25, 0.3) is 0 Å². The zero-order chi connectivity index (χ0) is 19.2. The summed E-state index contributed by atoms with van der Waals surface area (Å²) >= 11 is 1.45. The van der Waals surface area contributed by atoms with Crippen molar-refractivity contribution in [2.24, 2.45) is 0 Å². The summed E-state index contributed by atoms with van der Waals surface area (Å²) in [6, 6.07) is 0.0802. The number of carbonyl (C=O) groups excluding carboxylic acids is 1. The van der Waals surface area contributed by atoms with Gasteiger partial charge in [0.1, 0.15) is 0 Å². The predicted molar refractivity (Wildman–Crippen MR) is 105 cm³/mol. The highest BCUT2D eigenvalue weighted by atomic mass is 32.1. The highest BCUT2D eigenvalue weighted by Gasteiger charge is 2.34. The Morgan fingerprint density at radius 1 is 1.33 bits per heavy atom. The number of carboxylic acid groups (broad SMARTS) is 1. The summed E-state index contributed by atoms with van der Waals surface area (Å²) in [4.78, 5) is 31.9. The molecule has 3 N–H and O–H groups in total. The van der Waals surface area contributed by atoms with Gasteiger partial charge in [0.15, 0.2) is 5.13 Å². The number of nitrogens with zero attached hydrogens (tertiary/aromatic N) is 3. The standard InChI is InChI=1S/C18H29N5O3S/c1-2-23(11-16(24)25)15-8-13(9-15)19-17(26)21-18-20-14(12-27-18)10-22-6-4-3-5-7-22/h12-13,15H,2-11H2,1H3,(H,24,25)(H2,19,20,21,26). The molecule has 8 nitrogen and oxygen atoms in total. The summed E-state index contributed by atoms with van der Waals surface area (Å²) in [5, 5.41) is 17.3. The van der Waals surface area contributed by atoms with Crippen LogP contribution in [0.15, 0.2) is 5.38 Å². The molecule has 2 heterocycles. The highest BCUT2D eigenvalue weighted by Crippen LogP contribution is 2.26. The molecule has 0 unspecified atom stereocenters. The number of urea groups is 1. The summed E-state index contributed by atoms with van der Waals surface area (Å²) in [5.74, 6) is -0.810. The van der Waals surface area contributed by atoms with Gasteiger partial charge in [0.05, 0.1) is 12.2 Å². The lowest BCUT2D eigenvalue weighted by Gasteiger charge is -2.42. The summed E-state index contributed by atoms with van der Waals surface area (Å²) in [7, 11) is 0. The quantitative estimate of drug-likeness (QED) is 0.624. The number of anilines is 1. The molecule has 1 aliphatic carbocycles. The Hall–Kier alpha value is -1.71. The van der Waals surface area contributed by atoms with Gasteiger partial charge in [-0.2, -0.15) is 0 Å². The Labute approximate surface area is 163 Å². The summed E-state index contributed by atoms with van der Waals surface area (Å²) in [6.45, 7) is 5.81. The van der Waals surface area contributed by atoms with E-state index < -0.39 is 5.97 Å². The van der Waals surface area contributed by atoms with Gasteiger partial charge in [-0.15, -0.1) is 11.3 Å². The van der Waals surface area contributed by atoms with Crippen LogP contribution < -0.4 is 10.6 Å². The summed E-state index contributed by atoms with van der Waals surface area (Å²) in [6.07, 6.45) is 5.39. The van der Waals surface area contributed by atoms with Crippen molar-refractivity contribution in [3.05, 3.63) is 11.1 Å². The van der Waals surface area contributed by atoms with Crippen LogP contribution in [-0.2, 0) is 11.3 Å². The molecule has 150 valence electrons. The first-order valence-corrected chi connectivity index (χ1v) is 10.6. The van der Waals surface area contributed by atoms with Crippen molar-refractivity contribution in [1.82, 2.24) is 20.1 Å². The molecule has 1 aliphatic heterocycles. The smallest absolute Gasteiger partial charge is 0.321 e. The van der Waals surface area contributed by atoms with Gasteiger partial charge in [0, 0.05) is 24.0 Å². The fraction of sp³-hybridized carbons (Fsp3) is 0.722. The van der Waals surface area contributed by atoms with E-state index in [9.17, 15) is 9.59 Å². The molecule has 0 aromatic carbocycles. The molecule has 9 heteroatoms. The Balaban J connectivity index is 1.38. The number of aliphatic carboxylic acids is 1. The molecule has 1 saturated carbocycles. The Bertz CT molecular complexity index is 641. The molecule has 2 aliphatic rings. The van der Waals surface area contributed by atoms with Crippen LogP contribution in [0.1, 0.15) is 44.7 Å². The largest absolute Gasteiger partial charge is 0.480 e. The molecular weight excluding hydrogens is 366 g/mol. The Morgan fingerprint density at radius 2 is 2.07 bits per heavy atom. The van der Waals surface area contributed by atoms with Crippen molar-refractivity contribution in [1.29, 1.82) is 0 Å². The molecule has 3 rings (SSSR count). The number of carboxylic acids is 1. The van der Waals surface area contributed by atoms with Gasteiger partial charge in [-0.1, -0.05) is 13.3 Å². The lowest BCUT2D eigenvalue weighted by Crippen LogP contribution is -2.55. The van der Waals surface area contributed by atoms with Gasteiger partial charge in [0.2, 0.25) is 0 Å². The first-order chi connectivity index (χ1) is 13.0. The molecule has 2 fully saturated rings. The van der Waals surface area contributed by atoms with Crippen molar-refractivity contribution < 1.29 is 14.7 Å². The van der Waals surface area contributed by atoms with E-state index in [2.05, 4.69) is 20.5 Å². The second-order valence-electron chi connectivity index (χ2n) is 7.36. The molecule has 1 aromatic heterocycles. The predicted octanol–water partition coefficient (Wildman–Crippen LogP) is 2.19. The molecular formula is C18H29N5O3S. The monoisotopic (exact) mass is 395 g/mol. The van der Waals surface area contributed by atoms with E-state index in [4.69, 9.17) is 5.11 Å². The van der Waals surface area contributed by atoms with Crippen LogP contribution in [0.3, 0.4) is 0 Å². The molecule has 1 aromatic rings. The van der Waals surface area contributed by atoms with Crippen molar-refractivity contribution >= 4 is 28.5 Å². The number of likely N-dealkylation sites (tertiary alicyclic amines) is 1. The van der Waals surface area contributed by atoms with Crippen LogP contribution >= 0.6 is 11.3 Å². The number of amides is 2. The van der Waals surface area contributed by atoms with Gasteiger partial charge in [-0.25, -0.2) is 9.78 Å². The van der Waals surface area contributed by atoms with E-state index in [1.54, 1.807) is 0 Å². The minimum Gasteiger partial charge on any atom is -0.480 e. The van der Waals surface area contributed by atoms with Crippen LogP contribution in [0.25, 0.3) is 0 Å². The maximum atomic E-state index is 12.2. The van der Waals surface area contributed by atoms with E-state index in [-0.39, 0.29) is 24.7 Å². The van der Waals surface area contributed by atoms with Crippen molar-refractivity contribution in [3.63, 3.8) is 0 Å². The van der Waals surface area contributed by atoms with Gasteiger partial charge < -0.3 is 10.4 Å². The molecule has 27 heavy (non-hydrogen) atoms. The number of aromatic nitrogens is 1. The van der Waals surface area contributed by atoms with E-state index in [1.165, 1.54) is 30.6 Å². The maximum absolute atomic E-state index is 12.2. The number of carbonyl (C=O) groups is 2. The van der Waals surface area contributed by atoms with Crippen LogP contribution in [0.4, 0.5) is 9.93 Å². The number of rotatable bonds is 8. The third-order valence-electron chi connectivity index (χ3n) is 5.32. The number of thiazole rings is 1. The van der Waals surface area contributed by atoms with Crippen molar-refractivity contribution in [3.8, 4) is 0 Å². The number of hydrogen-bond acceptors (Lipinski definition) is 6. The Kier molecular flexibility index (Phi) is 7.03. The van der Waals surface area contributed by atoms with Gasteiger partial charge in [-0.05, 0) is 45.3 Å². The highest BCUT2D eigenvalue weighted by molar-refractivity contribution is 7.13. The van der Waals surface area contributed by atoms with Crippen LogP contribution in [0, 0.1) is 0 Å². The Morgan fingerprint density at radius 3 is 2.74 bits per heavy atom. The average Bonchev–Trinajstić information content (AvgIpc) is 3.03. The van der Waals surface area contributed by atoms with Gasteiger partial charge in [-0.3, -0.25) is 19.9 Å². The second-order valence-corrected chi connectivity index (χ2v) is 8.22. The van der Waals surface area contributed by atoms with E-state index in [0.717, 1.165) is 38.2 Å². The first kappa shape index (κ1) is 20.0. The molecule has 2 amide bonds. The minimum absolute atomic E-state index is 0.0546. The normalized spacial score (nSPS) is 23.0. The lowest BCUT2D eigenvalue weighted by atomic mass is 9.85. The van der Waals surface area contributed by atoms with E-state index >= 15 is 0 Å². The van der Waals surface area contributed by atoms with Crippen molar-refractivity contribution in [2.75, 3.05) is 31.5 Å². The van der Waals surface area contributed by atoms with Gasteiger partial charge >= 0.3 is 12.0 Å². The fourth-order valence-corrected chi connectivity index (χ4v) is 4.48. The number of hydrogen-bond donors (Lipinski definition) is 3. The van der Waals surface area contributed by atoms with Crippen LogP contribution in [0.2, 0.25) is 0 Å². The number of nitrogens with one attached hydrogen (secondary N) is 2. The topological polar surface area (TPSA) is 97.8 Å². The second kappa shape index (κ2) is 9.48. The maximum Gasteiger partial charge on any atom is 0.321 e. The molecule has 1 saturated heterocycles. The SMILES string of the molecule is CCN(CC(=O)O)C1CC(NC(=O)Nc2nc(CN3CCCCC3)cs2)C1. The number of likely N-dealkylation sites (N-methyl/N-ethyl adjacent to an activating group) is 1. The number of piperidine rings is 1. The average molecular weight is 396 g/mol. The van der Waals surface area contributed by atoms with Crippen molar-refractivity contribution in [2.45, 2.75) is 57.7 Å².